The monoisotopic (exact) mass is 306 g/mol. The first-order valence-corrected chi connectivity index (χ1v) is 6.58. The lowest BCUT2D eigenvalue weighted by molar-refractivity contribution is 0.970. The average molecular weight is 307 g/mol. The molecule has 1 aromatic carbocycles. The quantitative estimate of drug-likeness (QED) is 0.939. The van der Waals surface area contributed by atoms with E-state index in [0.29, 0.717) is 0 Å². The summed E-state index contributed by atoms with van der Waals surface area (Å²) in [7, 11) is 1.84. The molecule has 1 heterocycles. The Hall–Kier alpha value is -1.62. The van der Waals surface area contributed by atoms with E-state index in [-0.39, 0.29) is 0 Å². The second kappa shape index (κ2) is 5.82. The van der Waals surface area contributed by atoms with Crippen molar-refractivity contribution in [1.29, 1.82) is 0 Å². The molecule has 18 heavy (non-hydrogen) atoms. The van der Waals surface area contributed by atoms with E-state index >= 15 is 0 Å². The van der Waals surface area contributed by atoms with Crippen LogP contribution in [0, 0.1) is 0 Å². The molecule has 0 aliphatic rings. The Morgan fingerprint density at radius 1 is 1.22 bits per heavy atom. The fraction of sp³-hybridized carbons (Fsp3) is 0.231. The molecule has 2 rings (SSSR count). The molecular weight excluding hydrogens is 292 g/mol. The van der Waals surface area contributed by atoms with Gasteiger partial charge in [0.25, 0.3) is 0 Å². The zero-order chi connectivity index (χ0) is 13.0. The highest BCUT2D eigenvalue weighted by Crippen LogP contribution is 2.33. The van der Waals surface area contributed by atoms with E-state index in [2.05, 4.69) is 55.2 Å². The average Bonchev–Trinajstić information content (AvgIpc) is 2.43. The van der Waals surface area contributed by atoms with E-state index in [0.717, 1.165) is 28.3 Å². The highest BCUT2D eigenvalue weighted by Gasteiger charge is 2.14. The second-order valence-corrected chi connectivity index (χ2v) is 4.48. The van der Waals surface area contributed by atoms with Gasteiger partial charge in [0.2, 0.25) is 0 Å². The Morgan fingerprint density at radius 3 is 2.56 bits per heavy atom. The van der Waals surface area contributed by atoms with Crippen LogP contribution in [0.4, 0.5) is 17.3 Å². The number of hydrogen-bond acceptors (Lipinski definition) is 4. The Morgan fingerprint density at radius 2 is 1.94 bits per heavy atom. The molecule has 0 fully saturated rings. The van der Waals surface area contributed by atoms with Crippen molar-refractivity contribution in [1.82, 2.24) is 9.97 Å². The predicted molar refractivity (Wildman–Crippen MR) is 78.4 cm³/mol. The zero-order valence-corrected chi connectivity index (χ0v) is 12.0. The van der Waals surface area contributed by atoms with E-state index in [9.17, 15) is 0 Å². The molecule has 5 heteroatoms. The van der Waals surface area contributed by atoms with Crippen molar-refractivity contribution in [2.75, 3.05) is 23.8 Å². The van der Waals surface area contributed by atoms with Gasteiger partial charge in [-0.25, -0.2) is 9.97 Å². The molecule has 0 aliphatic heterocycles. The second-order valence-electron chi connectivity index (χ2n) is 3.69. The number of anilines is 3. The summed E-state index contributed by atoms with van der Waals surface area (Å²) < 4.78 is 0.873. The standard InChI is InChI=1S/C13H15BrN4/c1-3-18(10-7-5-4-6-8-10)13-11(14)12(15-2)16-9-17-13/h4-9H,3H2,1-2H3,(H,15,16,17). The van der Waals surface area contributed by atoms with Gasteiger partial charge < -0.3 is 10.2 Å². The van der Waals surface area contributed by atoms with Gasteiger partial charge in [-0.05, 0) is 35.0 Å². The molecule has 4 nitrogen and oxygen atoms in total. The van der Waals surface area contributed by atoms with Crippen molar-refractivity contribution in [2.24, 2.45) is 0 Å². The summed E-state index contributed by atoms with van der Waals surface area (Å²) >= 11 is 3.55. The number of benzene rings is 1. The molecule has 0 radical (unpaired) electrons. The third-order valence-corrected chi connectivity index (χ3v) is 3.38. The topological polar surface area (TPSA) is 41.1 Å². The molecule has 0 saturated heterocycles. The van der Waals surface area contributed by atoms with Crippen LogP contribution in [0.1, 0.15) is 6.92 Å². The van der Waals surface area contributed by atoms with Crippen molar-refractivity contribution < 1.29 is 0 Å². The number of nitrogens with one attached hydrogen (secondary N) is 1. The van der Waals surface area contributed by atoms with Gasteiger partial charge in [-0.2, -0.15) is 0 Å². The minimum absolute atomic E-state index is 0.786. The third kappa shape index (κ3) is 2.46. The maximum absolute atomic E-state index is 4.36. The molecule has 0 saturated carbocycles. The van der Waals surface area contributed by atoms with Crippen LogP contribution in [0.15, 0.2) is 41.1 Å². The Balaban J connectivity index is 2.46. The fourth-order valence-corrected chi connectivity index (χ4v) is 2.40. The molecule has 0 spiro atoms. The zero-order valence-electron chi connectivity index (χ0n) is 10.4. The van der Waals surface area contributed by atoms with Crippen LogP contribution in [0.3, 0.4) is 0 Å². The van der Waals surface area contributed by atoms with Crippen LogP contribution in [-0.4, -0.2) is 23.6 Å². The summed E-state index contributed by atoms with van der Waals surface area (Å²) in [6, 6.07) is 10.2. The van der Waals surface area contributed by atoms with Gasteiger partial charge in [0.05, 0.1) is 0 Å². The van der Waals surface area contributed by atoms with Gasteiger partial charge in [0.1, 0.15) is 16.6 Å². The lowest BCUT2D eigenvalue weighted by Gasteiger charge is -2.23. The first-order chi connectivity index (χ1) is 8.77. The van der Waals surface area contributed by atoms with E-state index in [1.165, 1.54) is 0 Å². The highest BCUT2D eigenvalue weighted by atomic mass is 79.9. The van der Waals surface area contributed by atoms with Gasteiger partial charge in [0.15, 0.2) is 5.82 Å². The molecule has 2 aromatic rings. The lowest BCUT2D eigenvalue weighted by Crippen LogP contribution is -2.18. The number of aromatic nitrogens is 2. The van der Waals surface area contributed by atoms with Crippen LogP contribution < -0.4 is 10.2 Å². The summed E-state index contributed by atoms with van der Waals surface area (Å²) in [4.78, 5) is 10.7. The molecule has 0 amide bonds. The van der Waals surface area contributed by atoms with Crippen molar-refractivity contribution in [3.05, 3.63) is 41.1 Å². The van der Waals surface area contributed by atoms with Crippen molar-refractivity contribution in [3.8, 4) is 0 Å². The number of rotatable bonds is 4. The normalized spacial score (nSPS) is 10.2. The maximum atomic E-state index is 4.36. The number of halogens is 1. The minimum Gasteiger partial charge on any atom is -0.372 e. The van der Waals surface area contributed by atoms with Crippen LogP contribution in [-0.2, 0) is 0 Å². The van der Waals surface area contributed by atoms with Crippen molar-refractivity contribution >= 4 is 33.3 Å². The summed E-state index contributed by atoms with van der Waals surface area (Å²) in [6.45, 7) is 2.93. The van der Waals surface area contributed by atoms with Crippen LogP contribution in [0.25, 0.3) is 0 Å². The number of nitrogens with zero attached hydrogens (tertiary/aromatic N) is 3. The molecule has 94 valence electrons. The van der Waals surface area contributed by atoms with E-state index in [1.807, 2.05) is 25.2 Å². The first-order valence-electron chi connectivity index (χ1n) is 5.78. The molecule has 0 unspecified atom stereocenters. The number of para-hydroxylation sites is 1. The van der Waals surface area contributed by atoms with Gasteiger partial charge in [-0.1, -0.05) is 18.2 Å². The summed E-state index contributed by atoms with van der Waals surface area (Å²) in [6.07, 6.45) is 1.57. The molecule has 1 N–H and O–H groups in total. The summed E-state index contributed by atoms with van der Waals surface area (Å²) in [5.74, 6) is 1.65. The minimum atomic E-state index is 0.786. The Bertz CT molecular complexity index is 516. The van der Waals surface area contributed by atoms with Gasteiger partial charge in [0, 0.05) is 19.3 Å². The first kappa shape index (κ1) is 12.8. The Labute approximate surface area is 115 Å². The Kier molecular flexibility index (Phi) is 4.15. The predicted octanol–water partition coefficient (Wildman–Crippen LogP) is 3.44. The van der Waals surface area contributed by atoms with Gasteiger partial charge in [-0.3, -0.25) is 0 Å². The van der Waals surface area contributed by atoms with E-state index in [1.54, 1.807) is 6.33 Å². The maximum Gasteiger partial charge on any atom is 0.152 e. The summed E-state index contributed by atoms with van der Waals surface area (Å²) in [5, 5.41) is 3.04. The van der Waals surface area contributed by atoms with Crippen molar-refractivity contribution in [2.45, 2.75) is 6.92 Å². The van der Waals surface area contributed by atoms with Crippen LogP contribution >= 0.6 is 15.9 Å². The summed E-state index contributed by atoms with van der Waals surface area (Å²) in [5.41, 5.74) is 1.11. The highest BCUT2D eigenvalue weighted by molar-refractivity contribution is 9.10. The van der Waals surface area contributed by atoms with E-state index in [4.69, 9.17) is 0 Å². The smallest absolute Gasteiger partial charge is 0.152 e. The molecule has 0 aliphatic carbocycles. The largest absolute Gasteiger partial charge is 0.372 e. The van der Waals surface area contributed by atoms with Crippen molar-refractivity contribution in [3.63, 3.8) is 0 Å². The van der Waals surface area contributed by atoms with Crippen LogP contribution in [0.5, 0.6) is 0 Å². The SMILES string of the molecule is CCN(c1ccccc1)c1ncnc(NC)c1Br. The molecule has 0 bridgehead atoms. The lowest BCUT2D eigenvalue weighted by atomic mass is 10.3. The third-order valence-electron chi connectivity index (χ3n) is 2.65. The number of hydrogen-bond donors (Lipinski definition) is 1. The molecular formula is C13H15BrN4. The van der Waals surface area contributed by atoms with Gasteiger partial charge >= 0.3 is 0 Å². The van der Waals surface area contributed by atoms with E-state index < -0.39 is 0 Å². The van der Waals surface area contributed by atoms with Crippen LogP contribution in [0.2, 0.25) is 0 Å². The van der Waals surface area contributed by atoms with Gasteiger partial charge in [-0.15, -0.1) is 0 Å². The fourth-order valence-electron chi connectivity index (χ4n) is 1.79. The molecule has 1 aromatic heterocycles. The molecule has 0 atom stereocenters.